The molecular weight excluding hydrogens is 462 g/mol. The summed E-state index contributed by atoms with van der Waals surface area (Å²) in [5.41, 5.74) is 7.28. The molecule has 184 valence electrons. The van der Waals surface area contributed by atoms with Gasteiger partial charge in [0.2, 0.25) is 5.95 Å². The van der Waals surface area contributed by atoms with Crippen LogP contribution in [0, 0.1) is 5.41 Å². The highest BCUT2D eigenvalue weighted by Gasteiger charge is 2.28. The van der Waals surface area contributed by atoms with Crippen molar-refractivity contribution in [2.45, 2.75) is 72.9 Å². The number of hydrogen-bond donors (Lipinski definition) is 2. The number of fused-ring (bicyclic) bond motifs is 1. The average Bonchev–Trinajstić information content (AvgIpc) is 3.30. The van der Waals surface area contributed by atoms with Crippen molar-refractivity contribution < 1.29 is 0 Å². The second-order valence-electron chi connectivity index (χ2n) is 10.2. The summed E-state index contributed by atoms with van der Waals surface area (Å²) in [6.45, 7) is 21.6. The van der Waals surface area contributed by atoms with Crippen molar-refractivity contribution in [3.05, 3.63) is 52.3 Å². The molecular formula is C27H38ClN5S. The first kappa shape index (κ1) is 26.3. The minimum absolute atomic E-state index is 0.205. The van der Waals surface area contributed by atoms with Gasteiger partial charge in [-0.05, 0) is 24.3 Å². The van der Waals surface area contributed by atoms with Crippen molar-refractivity contribution in [2.75, 3.05) is 18.4 Å². The Labute approximate surface area is 214 Å². The van der Waals surface area contributed by atoms with Crippen LogP contribution in [0.25, 0.3) is 16.3 Å². The molecule has 2 aromatic rings. The third-order valence-electron chi connectivity index (χ3n) is 5.72. The van der Waals surface area contributed by atoms with Gasteiger partial charge in [-0.3, -0.25) is 0 Å². The molecule has 0 unspecified atom stereocenters. The second-order valence-corrected chi connectivity index (χ2v) is 11.7. The van der Waals surface area contributed by atoms with E-state index >= 15 is 0 Å². The molecule has 34 heavy (non-hydrogen) atoms. The van der Waals surface area contributed by atoms with Gasteiger partial charge in [0.25, 0.3) is 0 Å². The average molecular weight is 500 g/mol. The topological polar surface area (TPSA) is 53.1 Å². The third-order valence-corrected chi connectivity index (χ3v) is 7.12. The van der Waals surface area contributed by atoms with Gasteiger partial charge in [-0.1, -0.05) is 72.2 Å². The van der Waals surface area contributed by atoms with Gasteiger partial charge in [0.05, 0.1) is 34.9 Å². The molecule has 0 fully saturated rings. The third kappa shape index (κ3) is 6.65. The van der Waals surface area contributed by atoms with Gasteiger partial charge in [-0.15, -0.1) is 17.1 Å². The molecule has 2 N–H and O–H groups in total. The number of rotatable bonds is 11. The van der Waals surface area contributed by atoms with E-state index in [1.54, 1.807) is 17.5 Å². The van der Waals surface area contributed by atoms with Crippen molar-refractivity contribution in [1.82, 2.24) is 20.2 Å². The van der Waals surface area contributed by atoms with E-state index in [1.165, 1.54) is 4.88 Å². The van der Waals surface area contributed by atoms with Gasteiger partial charge < -0.3 is 15.5 Å². The van der Waals surface area contributed by atoms with Crippen molar-refractivity contribution in [3.63, 3.8) is 0 Å². The molecule has 3 rings (SSSR count). The van der Waals surface area contributed by atoms with Crippen molar-refractivity contribution in [2.24, 2.45) is 5.41 Å². The zero-order valence-electron chi connectivity index (χ0n) is 21.2. The van der Waals surface area contributed by atoms with E-state index in [0.29, 0.717) is 17.0 Å². The van der Waals surface area contributed by atoms with Crippen LogP contribution in [0.15, 0.2) is 36.8 Å². The number of thiophene rings is 1. The van der Waals surface area contributed by atoms with Crippen LogP contribution in [0.1, 0.15) is 70.7 Å². The maximum Gasteiger partial charge on any atom is 0.223 e. The number of hydrogen-bond acceptors (Lipinski definition) is 6. The first-order valence-corrected chi connectivity index (χ1v) is 13.3. The van der Waals surface area contributed by atoms with Gasteiger partial charge in [0.1, 0.15) is 5.69 Å². The monoisotopic (exact) mass is 499 g/mol. The molecule has 0 radical (unpaired) electrons. The maximum absolute atomic E-state index is 6.54. The lowest BCUT2D eigenvalue weighted by Crippen LogP contribution is -2.31. The SMILES string of the molecule is C=C=C1c2cc(-c3nc(NC(CCC)CCC)ncc3Cl)sc2CN1CC(=C)NCC(C)(C)C. The molecule has 1 aliphatic heterocycles. The van der Waals surface area contributed by atoms with Gasteiger partial charge in [-0.25, -0.2) is 9.97 Å². The smallest absolute Gasteiger partial charge is 0.223 e. The van der Waals surface area contributed by atoms with E-state index in [-0.39, 0.29) is 5.41 Å². The second kappa shape index (κ2) is 11.4. The summed E-state index contributed by atoms with van der Waals surface area (Å²) in [6, 6.07) is 2.54. The highest BCUT2D eigenvalue weighted by atomic mass is 35.5. The Balaban J connectivity index is 1.77. The molecule has 7 heteroatoms. The van der Waals surface area contributed by atoms with Crippen molar-refractivity contribution in [1.29, 1.82) is 0 Å². The molecule has 0 aromatic carbocycles. The number of halogens is 1. The summed E-state index contributed by atoms with van der Waals surface area (Å²) in [7, 11) is 0. The largest absolute Gasteiger partial charge is 0.387 e. The fraction of sp³-hybridized carbons (Fsp3) is 0.519. The molecule has 0 spiro atoms. The summed E-state index contributed by atoms with van der Waals surface area (Å²) in [6.07, 6.45) is 6.15. The molecule has 0 amide bonds. The Hall–Kier alpha value is -2.27. The Morgan fingerprint density at radius 1 is 1.29 bits per heavy atom. The van der Waals surface area contributed by atoms with Gasteiger partial charge in [0.15, 0.2) is 0 Å². The summed E-state index contributed by atoms with van der Waals surface area (Å²) < 4.78 is 0. The standard InChI is InChI=1S/C27H38ClN5S/c1-8-11-19(12-9-2)31-26-29-14-21(28)25(32-26)23-13-20-22(10-3)33(16-24(20)34-23)15-18(4)30-17-27(5,6)7/h13-14,19,30H,3-4,8-9,11-12,15-17H2,1-2,5-7H3,(H,29,31,32). The number of aromatic nitrogens is 2. The highest BCUT2D eigenvalue weighted by Crippen LogP contribution is 2.43. The molecule has 0 aliphatic carbocycles. The van der Waals surface area contributed by atoms with E-state index in [2.05, 4.69) is 80.1 Å². The zero-order chi connectivity index (χ0) is 24.9. The predicted molar refractivity (Wildman–Crippen MR) is 147 cm³/mol. The molecule has 2 aromatic heterocycles. The Kier molecular flexibility index (Phi) is 8.86. The van der Waals surface area contributed by atoms with Crippen molar-refractivity contribution in [3.8, 4) is 10.6 Å². The first-order valence-electron chi connectivity index (χ1n) is 12.1. The maximum atomic E-state index is 6.54. The number of nitrogens with one attached hydrogen (secondary N) is 2. The number of anilines is 1. The van der Waals surface area contributed by atoms with Crippen LogP contribution >= 0.6 is 22.9 Å². The Morgan fingerprint density at radius 2 is 2.00 bits per heavy atom. The Morgan fingerprint density at radius 3 is 2.62 bits per heavy atom. The normalized spacial score (nSPS) is 13.3. The lowest BCUT2D eigenvalue weighted by molar-refractivity contribution is 0.378. The van der Waals surface area contributed by atoms with Crippen LogP contribution in [-0.2, 0) is 6.54 Å². The van der Waals surface area contributed by atoms with Crippen LogP contribution in [0.5, 0.6) is 0 Å². The highest BCUT2D eigenvalue weighted by molar-refractivity contribution is 7.15. The van der Waals surface area contributed by atoms with Gasteiger partial charge in [0, 0.05) is 28.7 Å². The van der Waals surface area contributed by atoms with Crippen LogP contribution in [0.4, 0.5) is 5.95 Å². The van der Waals surface area contributed by atoms with E-state index in [4.69, 9.17) is 16.6 Å². The first-order chi connectivity index (χ1) is 16.1. The lowest BCUT2D eigenvalue weighted by atomic mass is 9.97. The van der Waals surface area contributed by atoms with Crippen LogP contribution in [0.3, 0.4) is 0 Å². The molecule has 5 nitrogen and oxygen atoms in total. The van der Waals surface area contributed by atoms with Crippen LogP contribution in [-0.4, -0.2) is 34.0 Å². The predicted octanol–water partition coefficient (Wildman–Crippen LogP) is 7.33. The van der Waals surface area contributed by atoms with Gasteiger partial charge >= 0.3 is 0 Å². The van der Waals surface area contributed by atoms with Gasteiger partial charge in [-0.2, -0.15) is 0 Å². The molecule has 0 atom stereocenters. The quantitative estimate of drug-likeness (QED) is 0.317. The molecule has 3 heterocycles. The lowest BCUT2D eigenvalue weighted by Gasteiger charge is -2.25. The Bertz CT molecular complexity index is 1060. The zero-order valence-corrected chi connectivity index (χ0v) is 22.8. The number of nitrogens with zero attached hydrogens (tertiary/aromatic N) is 3. The fourth-order valence-corrected chi connectivity index (χ4v) is 5.51. The summed E-state index contributed by atoms with van der Waals surface area (Å²) in [5, 5.41) is 7.54. The van der Waals surface area contributed by atoms with E-state index < -0.39 is 0 Å². The van der Waals surface area contributed by atoms with Crippen molar-refractivity contribution >= 4 is 34.6 Å². The fourth-order valence-electron chi connectivity index (χ4n) is 4.08. The molecule has 0 saturated heterocycles. The van der Waals surface area contributed by atoms with Crippen LogP contribution in [0.2, 0.25) is 5.02 Å². The summed E-state index contributed by atoms with van der Waals surface area (Å²) in [4.78, 5) is 13.8. The summed E-state index contributed by atoms with van der Waals surface area (Å²) in [5.74, 6) is 0.641. The minimum Gasteiger partial charge on any atom is -0.387 e. The van der Waals surface area contributed by atoms with E-state index in [9.17, 15) is 0 Å². The van der Waals surface area contributed by atoms with E-state index in [1.807, 2.05) is 0 Å². The molecule has 0 saturated carbocycles. The minimum atomic E-state index is 0.205. The molecule has 1 aliphatic rings. The molecule has 0 bridgehead atoms. The summed E-state index contributed by atoms with van der Waals surface area (Å²) >= 11 is 8.26. The van der Waals surface area contributed by atoms with E-state index in [0.717, 1.165) is 72.8 Å². The van der Waals surface area contributed by atoms with Crippen LogP contribution < -0.4 is 10.6 Å².